The van der Waals surface area contributed by atoms with Crippen molar-refractivity contribution in [2.24, 2.45) is 0 Å². The van der Waals surface area contributed by atoms with E-state index in [0.29, 0.717) is 31.7 Å². The topological polar surface area (TPSA) is 44.4 Å². The van der Waals surface area contributed by atoms with E-state index < -0.39 is 24.7 Å². The number of halogens is 3. The van der Waals surface area contributed by atoms with Gasteiger partial charge < -0.3 is 10.6 Å². The number of nitrogens with zero attached hydrogens (tertiary/aromatic N) is 1. The number of amides is 1. The van der Waals surface area contributed by atoms with Gasteiger partial charge in [0.05, 0.1) is 0 Å². The van der Waals surface area contributed by atoms with Crippen LogP contribution in [-0.2, 0) is 6.42 Å². The minimum atomic E-state index is -4.38. The van der Waals surface area contributed by atoms with Crippen molar-refractivity contribution in [3.8, 4) is 11.1 Å². The monoisotopic (exact) mass is 389 g/mol. The highest BCUT2D eigenvalue weighted by atomic mass is 19.4. The van der Waals surface area contributed by atoms with Gasteiger partial charge in [-0.25, -0.2) is 0 Å². The summed E-state index contributed by atoms with van der Waals surface area (Å²) in [5, 5.41) is 5.54. The molecule has 2 aromatic carbocycles. The fraction of sp³-hybridized carbons (Fsp3) is 0.381. The van der Waals surface area contributed by atoms with Crippen LogP contribution < -0.4 is 10.6 Å². The maximum absolute atomic E-state index is 13.5. The second-order valence-electron chi connectivity index (χ2n) is 7.26. The quantitative estimate of drug-likeness (QED) is 0.721. The van der Waals surface area contributed by atoms with Gasteiger partial charge in [-0.2, -0.15) is 13.2 Å². The van der Waals surface area contributed by atoms with Crippen LogP contribution in [0, 0.1) is 0 Å². The summed E-state index contributed by atoms with van der Waals surface area (Å²) in [6.07, 6.45) is -3.65. The largest absolute Gasteiger partial charge is 0.405 e. The lowest BCUT2D eigenvalue weighted by atomic mass is 10.0. The molecule has 1 amide bonds. The highest BCUT2D eigenvalue weighted by Crippen LogP contribution is 2.36. The van der Waals surface area contributed by atoms with Crippen molar-refractivity contribution in [2.75, 3.05) is 32.7 Å². The molecule has 0 aromatic heterocycles. The molecule has 1 aliphatic carbocycles. The highest BCUT2D eigenvalue weighted by Gasteiger charge is 2.43. The van der Waals surface area contributed by atoms with Crippen LogP contribution in [0.1, 0.15) is 21.5 Å². The summed E-state index contributed by atoms with van der Waals surface area (Å²) in [5.74, 6) is -0.469. The fourth-order valence-corrected chi connectivity index (χ4v) is 4.02. The molecule has 0 radical (unpaired) electrons. The van der Waals surface area contributed by atoms with Gasteiger partial charge in [0.25, 0.3) is 5.91 Å². The van der Waals surface area contributed by atoms with Crippen molar-refractivity contribution < 1.29 is 18.0 Å². The Morgan fingerprint density at radius 3 is 2.54 bits per heavy atom. The van der Waals surface area contributed by atoms with E-state index in [-0.39, 0.29) is 0 Å². The number of nitrogens with one attached hydrogen (secondary N) is 2. The van der Waals surface area contributed by atoms with Gasteiger partial charge in [0.15, 0.2) is 0 Å². The lowest BCUT2D eigenvalue weighted by Gasteiger charge is -2.35. The maximum atomic E-state index is 13.5. The van der Waals surface area contributed by atoms with Crippen molar-refractivity contribution in [3.63, 3.8) is 0 Å². The number of benzene rings is 2. The minimum absolute atomic E-state index is 0.317. The van der Waals surface area contributed by atoms with Gasteiger partial charge in [0.2, 0.25) is 0 Å². The third-order valence-electron chi connectivity index (χ3n) is 5.48. The van der Waals surface area contributed by atoms with Gasteiger partial charge in [0.1, 0.15) is 6.04 Å². The molecule has 1 fully saturated rings. The van der Waals surface area contributed by atoms with E-state index in [9.17, 15) is 18.0 Å². The van der Waals surface area contributed by atoms with Crippen LogP contribution in [0.25, 0.3) is 11.1 Å². The first-order valence-electron chi connectivity index (χ1n) is 9.44. The summed E-state index contributed by atoms with van der Waals surface area (Å²) >= 11 is 0. The van der Waals surface area contributed by atoms with Crippen LogP contribution in [0.3, 0.4) is 0 Å². The Kier molecular flexibility index (Phi) is 5.12. The first-order chi connectivity index (χ1) is 13.4. The standard InChI is InChI=1S/C21H22F3N3O/c22-21(23,24)19(27-9-7-25-8-10-27)13-26-20(28)15-5-6-18-16(12-15)11-14-3-1-2-4-17(14)18/h1-6,12,19,25H,7-11,13H2,(H,26,28). The van der Waals surface area contributed by atoms with Crippen LogP contribution in [0.15, 0.2) is 42.5 Å². The summed E-state index contributed by atoms with van der Waals surface area (Å²) in [6.45, 7) is 1.23. The molecule has 2 aromatic rings. The molecule has 4 nitrogen and oxygen atoms in total. The van der Waals surface area contributed by atoms with Crippen molar-refractivity contribution in [2.45, 2.75) is 18.6 Å². The summed E-state index contributed by atoms with van der Waals surface area (Å²) < 4.78 is 40.4. The zero-order chi connectivity index (χ0) is 19.7. The van der Waals surface area contributed by atoms with E-state index >= 15 is 0 Å². The second kappa shape index (κ2) is 7.56. The number of rotatable bonds is 4. The van der Waals surface area contributed by atoms with E-state index in [1.165, 1.54) is 10.5 Å². The normalized spacial score (nSPS) is 17.7. The first-order valence-corrected chi connectivity index (χ1v) is 9.44. The zero-order valence-electron chi connectivity index (χ0n) is 15.4. The molecule has 4 rings (SSSR count). The Labute approximate surface area is 161 Å². The van der Waals surface area contributed by atoms with Gasteiger partial charge in [-0.15, -0.1) is 0 Å². The van der Waals surface area contributed by atoms with Gasteiger partial charge in [-0.3, -0.25) is 9.69 Å². The van der Waals surface area contributed by atoms with Crippen molar-refractivity contribution >= 4 is 5.91 Å². The molecule has 28 heavy (non-hydrogen) atoms. The average molecular weight is 389 g/mol. The van der Waals surface area contributed by atoms with Gasteiger partial charge in [0, 0.05) is 38.3 Å². The summed E-state index contributed by atoms with van der Waals surface area (Å²) in [5.41, 5.74) is 4.86. The summed E-state index contributed by atoms with van der Waals surface area (Å²) in [7, 11) is 0. The lowest BCUT2D eigenvalue weighted by Crippen LogP contribution is -2.57. The molecule has 0 bridgehead atoms. The van der Waals surface area contributed by atoms with Crippen LogP contribution in [0.5, 0.6) is 0 Å². The number of piperazine rings is 1. The number of hydrogen-bond donors (Lipinski definition) is 2. The third kappa shape index (κ3) is 3.77. The molecule has 7 heteroatoms. The molecular weight excluding hydrogens is 367 g/mol. The Balaban J connectivity index is 1.46. The van der Waals surface area contributed by atoms with Crippen LogP contribution in [0.2, 0.25) is 0 Å². The Bertz CT molecular complexity index is 875. The van der Waals surface area contributed by atoms with E-state index in [1.54, 1.807) is 12.1 Å². The van der Waals surface area contributed by atoms with Gasteiger partial charge in [-0.05, 0) is 40.8 Å². The number of alkyl halides is 3. The zero-order valence-corrected chi connectivity index (χ0v) is 15.4. The second-order valence-corrected chi connectivity index (χ2v) is 7.26. The van der Waals surface area contributed by atoms with Crippen LogP contribution >= 0.6 is 0 Å². The predicted octanol–water partition coefficient (Wildman–Crippen LogP) is 2.82. The van der Waals surface area contributed by atoms with E-state index in [2.05, 4.69) is 16.7 Å². The maximum Gasteiger partial charge on any atom is 0.405 e. The molecule has 1 atom stereocenters. The number of carbonyl (C=O) groups is 1. The average Bonchev–Trinajstić information content (AvgIpc) is 3.05. The molecule has 1 heterocycles. The Morgan fingerprint density at radius 2 is 1.79 bits per heavy atom. The number of fused-ring (bicyclic) bond motifs is 3. The Hall–Kier alpha value is -2.38. The number of hydrogen-bond acceptors (Lipinski definition) is 3. The predicted molar refractivity (Wildman–Crippen MR) is 101 cm³/mol. The molecule has 0 spiro atoms. The number of carbonyl (C=O) groups excluding carboxylic acids is 1. The molecule has 2 aliphatic rings. The third-order valence-corrected chi connectivity index (χ3v) is 5.48. The van der Waals surface area contributed by atoms with E-state index in [1.807, 2.05) is 24.3 Å². The molecule has 0 saturated carbocycles. The molecule has 2 N–H and O–H groups in total. The van der Waals surface area contributed by atoms with Crippen molar-refractivity contribution in [3.05, 3.63) is 59.2 Å². The SMILES string of the molecule is O=C(NCC(N1CCNCC1)C(F)(F)F)c1ccc2c(c1)Cc1ccccc1-2. The lowest BCUT2D eigenvalue weighted by molar-refractivity contribution is -0.183. The minimum Gasteiger partial charge on any atom is -0.350 e. The molecular formula is C21H22F3N3O. The fourth-order valence-electron chi connectivity index (χ4n) is 4.02. The van der Waals surface area contributed by atoms with E-state index in [4.69, 9.17) is 0 Å². The molecule has 148 valence electrons. The summed E-state index contributed by atoms with van der Waals surface area (Å²) in [4.78, 5) is 13.9. The van der Waals surface area contributed by atoms with Crippen molar-refractivity contribution in [1.82, 2.24) is 15.5 Å². The first kappa shape index (κ1) is 19.0. The van der Waals surface area contributed by atoms with Gasteiger partial charge >= 0.3 is 6.18 Å². The van der Waals surface area contributed by atoms with Crippen LogP contribution in [0.4, 0.5) is 13.2 Å². The highest BCUT2D eigenvalue weighted by molar-refractivity contribution is 5.95. The molecule has 1 unspecified atom stereocenters. The molecule has 1 aliphatic heterocycles. The summed E-state index contributed by atoms with van der Waals surface area (Å²) in [6, 6.07) is 11.7. The van der Waals surface area contributed by atoms with Crippen molar-refractivity contribution in [1.29, 1.82) is 0 Å². The smallest absolute Gasteiger partial charge is 0.350 e. The van der Waals surface area contributed by atoms with Gasteiger partial charge in [-0.1, -0.05) is 30.3 Å². The molecule has 1 saturated heterocycles. The van der Waals surface area contributed by atoms with E-state index in [0.717, 1.165) is 23.1 Å². The Morgan fingerprint density at radius 1 is 1.07 bits per heavy atom. The van der Waals surface area contributed by atoms with Crippen LogP contribution in [-0.4, -0.2) is 55.7 Å².